The summed E-state index contributed by atoms with van der Waals surface area (Å²) in [5, 5.41) is 14.1. The molecule has 0 spiro atoms. The van der Waals surface area contributed by atoms with E-state index in [0.29, 0.717) is 12.3 Å². The molecule has 0 saturated heterocycles. The summed E-state index contributed by atoms with van der Waals surface area (Å²) in [5.74, 6) is -0.487. The van der Waals surface area contributed by atoms with Gasteiger partial charge in [0.05, 0.1) is 5.52 Å². The van der Waals surface area contributed by atoms with Crippen LogP contribution in [0.3, 0.4) is 0 Å². The Balaban J connectivity index is 2.23. The standard InChI is InChI=1S/C13H16N2O2S/c1-8(2)7-11(13(16)17)14-12-9-5-3-4-6-10(9)15-18-12/h3-6,8,11,14H,7H2,1-2H3,(H,16,17). The zero-order chi connectivity index (χ0) is 13.1. The molecule has 4 nitrogen and oxygen atoms in total. The topological polar surface area (TPSA) is 62.2 Å². The van der Waals surface area contributed by atoms with Crippen molar-refractivity contribution in [2.45, 2.75) is 26.3 Å². The van der Waals surface area contributed by atoms with Gasteiger partial charge in [-0.05, 0) is 36.0 Å². The van der Waals surface area contributed by atoms with Crippen LogP contribution in [0, 0.1) is 5.92 Å². The molecule has 0 saturated carbocycles. The molecule has 2 rings (SSSR count). The van der Waals surface area contributed by atoms with Gasteiger partial charge in [0.15, 0.2) is 0 Å². The molecule has 0 bridgehead atoms. The number of aliphatic carboxylic acids is 1. The van der Waals surface area contributed by atoms with E-state index in [-0.39, 0.29) is 0 Å². The van der Waals surface area contributed by atoms with Crippen molar-refractivity contribution in [3.63, 3.8) is 0 Å². The van der Waals surface area contributed by atoms with Crippen molar-refractivity contribution in [2.24, 2.45) is 5.92 Å². The average molecular weight is 264 g/mol. The third kappa shape index (κ3) is 2.79. The maximum Gasteiger partial charge on any atom is 0.326 e. The van der Waals surface area contributed by atoms with E-state index in [9.17, 15) is 9.90 Å². The highest BCUT2D eigenvalue weighted by atomic mass is 32.1. The van der Waals surface area contributed by atoms with Gasteiger partial charge in [-0.2, -0.15) is 4.37 Å². The molecular formula is C13H16N2O2S. The maximum absolute atomic E-state index is 11.2. The van der Waals surface area contributed by atoms with Gasteiger partial charge in [0, 0.05) is 5.39 Å². The number of aromatic nitrogens is 1. The smallest absolute Gasteiger partial charge is 0.326 e. The minimum atomic E-state index is -0.818. The molecule has 5 heteroatoms. The van der Waals surface area contributed by atoms with E-state index >= 15 is 0 Å². The Labute approximate surface area is 110 Å². The zero-order valence-corrected chi connectivity index (χ0v) is 11.2. The van der Waals surface area contributed by atoms with E-state index in [4.69, 9.17) is 0 Å². The van der Waals surface area contributed by atoms with Gasteiger partial charge in [-0.1, -0.05) is 26.0 Å². The van der Waals surface area contributed by atoms with Gasteiger partial charge in [0.2, 0.25) is 0 Å². The number of anilines is 1. The first kappa shape index (κ1) is 12.8. The molecule has 0 radical (unpaired) electrons. The molecular weight excluding hydrogens is 248 g/mol. The number of nitrogens with zero attached hydrogens (tertiary/aromatic N) is 1. The molecule has 2 aromatic rings. The molecule has 0 fully saturated rings. The molecule has 2 N–H and O–H groups in total. The lowest BCUT2D eigenvalue weighted by molar-refractivity contribution is -0.138. The number of hydrogen-bond acceptors (Lipinski definition) is 4. The van der Waals surface area contributed by atoms with Crippen LogP contribution in [0.4, 0.5) is 5.00 Å². The van der Waals surface area contributed by atoms with Gasteiger partial charge in [-0.3, -0.25) is 0 Å². The molecule has 96 valence electrons. The van der Waals surface area contributed by atoms with Crippen LogP contribution in [-0.4, -0.2) is 21.5 Å². The third-order valence-electron chi connectivity index (χ3n) is 2.69. The lowest BCUT2D eigenvalue weighted by atomic mass is 10.0. The Kier molecular flexibility index (Phi) is 3.81. The summed E-state index contributed by atoms with van der Waals surface area (Å²) in [6.07, 6.45) is 0.599. The minimum absolute atomic E-state index is 0.331. The molecule has 0 aliphatic carbocycles. The monoisotopic (exact) mass is 264 g/mol. The number of carbonyl (C=O) groups is 1. The molecule has 1 atom stereocenters. The number of hydrogen-bond donors (Lipinski definition) is 2. The lowest BCUT2D eigenvalue weighted by Crippen LogP contribution is -2.30. The summed E-state index contributed by atoms with van der Waals surface area (Å²) >= 11 is 1.31. The molecule has 1 unspecified atom stereocenters. The van der Waals surface area contributed by atoms with E-state index in [2.05, 4.69) is 9.69 Å². The minimum Gasteiger partial charge on any atom is -0.480 e. The van der Waals surface area contributed by atoms with E-state index in [1.165, 1.54) is 11.5 Å². The first-order chi connectivity index (χ1) is 8.58. The molecule has 1 aromatic carbocycles. The van der Waals surface area contributed by atoms with Crippen LogP contribution in [-0.2, 0) is 4.79 Å². The van der Waals surface area contributed by atoms with Gasteiger partial charge in [-0.15, -0.1) is 0 Å². The fourth-order valence-electron chi connectivity index (χ4n) is 1.84. The fraction of sp³-hybridized carbons (Fsp3) is 0.385. The number of rotatable bonds is 5. The summed E-state index contributed by atoms with van der Waals surface area (Å²) in [7, 11) is 0. The Morgan fingerprint density at radius 1 is 1.44 bits per heavy atom. The van der Waals surface area contributed by atoms with Crippen molar-refractivity contribution in [3.05, 3.63) is 24.3 Å². The lowest BCUT2D eigenvalue weighted by Gasteiger charge is -2.16. The van der Waals surface area contributed by atoms with Crippen LogP contribution < -0.4 is 5.32 Å². The Hall–Kier alpha value is -1.62. The van der Waals surface area contributed by atoms with Gasteiger partial charge in [-0.25, -0.2) is 4.79 Å². The average Bonchev–Trinajstić information content (AvgIpc) is 2.71. The van der Waals surface area contributed by atoms with Gasteiger partial charge >= 0.3 is 5.97 Å². The Bertz CT molecular complexity index is 551. The summed E-state index contributed by atoms with van der Waals surface area (Å²) in [6.45, 7) is 4.03. The number of benzene rings is 1. The molecule has 1 aromatic heterocycles. The van der Waals surface area contributed by atoms with E-state index in [1.807, 2.05) is 38.1 Å². The Morgan fingerprint density at radius 3 is 2.83 bits per heavy atom. The first-order valence-electron chi connectivity index (χ1n) is 5.91. The van der Waals surface area contributed by atoms with Crippen LogP contribution in [0.2, 0.25) is 0 Å². The summed E-state index contributed by atoms with van der Waals surface area (Å²) < 4.78 is 4.30. The van der Waals surface area contributed by atoms with E-state index < -0.39 is 12.0 Å². The molecule has 0 aliphatic heterocycles. The largest absolute Gasteiger partial charge is 0.480 e. The quantitative estimate of drug-likeness (QED) is 0.870. The van der Waals surface area contributed by atoms with Crippen LogP contribution in [0.15, 0.2) is 24.3 Å². The molecule has 18 heavy (non-hydrogen) atoms. The number of carboxylic acids is 1. The predicted molar refractivity (Wildman–Crippen MR) is 74.1 cm³/mol. The van der Waals surface area contributed by atoms with Gasteiger partial charge in [0.1, 0.15) is 11.0 Å². The van der Waals surface area contributed by atoms with Crippen molar-refractivity contribution < 1.29 is 9.90 Å². The zero-order valence-electron chi connectivity index (χ0n) is 10.4. The predicted octanol–water partition coefficient (Wildman–Crippen LogP) is 3.21. The van der Waals surface area contributed by atoms with Gasteiger partial charge in [0.25, 0.3) is 0 Å². The summed E-state index contributed by atoms with van der Waals surface area (Å²) in [4.78, 5) is 11.2. The SMILES string of the molecule is CC(C)CC(Nc1snc2ccccc12)C(=O)O. The van der Waals surface area contributed by atoms with Crippen molar-refractivity contribution in [3.8, 4) is 0 Å². The van der Waals surface area contributed by atoms with Crippen molar-refractivity contribution in [1.82, 2.24) is 4.37 Å². The van der Waals surface area contributed by atoms with Crippen LogP contribution in [0.1, 0.15) is 20.3 Å². The van der Waals surface area contributed by atoms with Crippen molar-refractivity contribution >= 4 is 33.4 Å². The number of nitrogens with one attached hydrogen (secondary N) is 1. The second-order valence-corrected chi connectivity index (χ2v) is 5.47. The van der Waals surface area contributed by atoms with Crippen LogP contribution in [0.5, 0.6) is 0 Å². The molecule has 0 aliphatic rings. The van der Waals surface area contributed by atoms with Crippen LogP contribution >= 0.6 is 11.5 Å². The fourth-order valence-corrected chi connectivity index (χ4v) is 2.66. The third-order valence-corrected chi connectivity index (χ3v) is 3.50. The van der Waals surface area contributed by atoms with Gasteiger partial charge < -0.3 is 10.4 Å². The highest BCUT2D eigenvalue weighted by Gasteiger charge is 2.20. The summed E-state index contributed by atoms with van der Waals surface area (Å²) in [6, 6.07) is 7.17. The first-order valence-corrected chi connectivity index (χ1v) is 6.69. The highest BCUT2D eigenvalue weighted by Crippen LogP contribution is 2.28. The normalized spacial score (nSPS) is 12.8. The molecule has 1 heterocycles. The van der Waals surface area contributed by atoms with E-state index in [0.717, 1.165) is 15.9 Å². The second-order valence-electron chi connectivity index (χ2n) is 4.69. The second kappa shape index (κ2) is 5.35. The molecule has 0 amide bonds. The maximum atomic E-state index is 11.2. The number of carboxylic acid groups (broad SMARTS) is 1. The van der Waals surface area contributed by atoms with Crippen LogP contribution in [0.25, 0.3) is 10.9 Å². The van der Waals surface area contributed by atoms with Crippen molar-refractivity contribution in [1.29, 1.82) is 0 Å². The van der Waals surface area contributed by atoms with Crippen molar-refractivity contribution in [2.75, 3.05) is 5.32 Å². The Morgan fingerprint density at radius 2 is 2.17 bits per heavy atom. The number of fused-ring (bicyclic) bond motifs is 1. The summed E-state index contributed by atoms with van der Waals surface area (Å²) in [5.41, 5.74) is 0.902. The van der Waals surface area contributed by atoms with E-state index in [1.54, 1.807) is 0 Å². The highest BCUT2D eigenvalue weighted by molar-refractivity contribution is 7.11.